The van der Waals surface area contributed by atoms with Crippen LogP contribution in [0.5, 0.6) is 0 Å². The van der Waals surface area contributed by atoms with Gasteiger partial charge in [-0.25, -0.2) is 0 Å². The first kappa shape index (κ1) is 15.0. The van der Waals surface area contributed by atoms with Crippen LogP contribution in [0, 0.1) is 16.7 Å². The molecular weight excluding hydrogens is 248 g/mol. The van der Waals surface area contributed by atoms with Crippen LogP contribution in [0.25, 0.3) is 0 Å². The second kappa shape index (κ2) is 5.21. The predicted molar refractivity (Wildman–Crippen MR) is 82.1 cm³/mol. The molecule has 0 radical (unpaired) electrons. The molecule has 0 aromatic heterocycles. The van der Waals surface area contributed by atoms with Crippen LogP contribution in [0.3, 0.4) is 0 Å². The van der Waals surface area contributed by atoms with Crippen molar-refractivity contribution in [2.24, 2.45) is 22.5 Å². The van der Waals surface area contributed by atoms with E-state index >= 15 is 0 Å². The zero-order chi connectivity index (χ0) is 15.0. The van der Waals surface area contributed by atoms with Crippen LogP contribution in [0.15, 0.2) is 24.3 Å². The van der Waals surface area contributed by atoms with Crippen LogP contribution in [-0.2, 0) is 17.8 Å². The lowest BCUT2D eigenvalue weighted by atomic mass is 10.0. The zero-order valence-electron chi connectivity index (χ0n) is 13.0. The molecule has 0 atom stereocenters. The predicted octanol–water partition coefficient (Wildman–Crippen LogP) is 2.49. The normalized spacial score (nSPS) is 19.6. The lowest BCUT2D eigenvalue weighted by molar-refractivity contribution is -0.120. The van der Waals surface area contributed by atoms with Crippen LogP contribution in [-0.4, -0.2) is 12.5 Å². The monoisotopic (exact) mass is 274 g/mol. The molecule has 0 aliphatic heterocycles. The largest absolute Gasteiger partial charge is 0.355 e. The van der Waals surface area contributed by atoms with Gasteiger partial charge in [-0.15, -0.1) is 0 Å². The van der Waals surface area contributed by atoms with Crippen molar-refractivity contribution in [2.75, 3.05) is 6.54 Å². The number of carbonyl (C=O) groups is 1. The van der Waals surface area contributed by atoms with E-state index in [1.54, 1.807) is 0 Å². The molecule has 1 aliphatic carbocycles. The molecule has 0 unspecified atom stereocenters. The van der Waals surface area contributed by atoms with Crippen LogP contribution < -0.4 is 11.1 Å². The Kier molecular flexibility index (Phi) is 3.92. The van der Waals surface area contributed by atoms with Crippen LogP contribution >= 0.6 is 0 Å². The highest BCUT2D eigenvalue weighted by atomic mass is 16.1. The molecule has 1 fully saturated rings. The summed E-state index contributed by atoms with van der Waals surface area (Å²) < 4.78 is 0. The summed E-state index contributed by atoms with van der Waals surface area (Å²) in [6, 6.07) is 7.87. The van der Waals surface area contributed by atoms with Gasteiger partial charge in [0.15, 0.2) is 0 Å². The summed E-state index contributed by atoms with van der Waals surface area (Å²) >= 11 is 0. The molecule has 1 aromatic carbocycles. The first-order valence-corrected chi connectivity index (χ1v) is 7.34. The second-order valence-corrected chi connectivity index (χ2v) is 6.95. The van der Waals surface area contributed by atoms with Gasteiger partial charge in [0, 0.05) is 13.1 Å². The lowest BCUT2D eigenvalue weighted by Gasteiger charge is -2.09. The van der Waals surface area contributed by atoms with E-state index in [1.807, 2.05) is 24.3 Å². The minimum Gasteiger partial charge on any atom is -0.355 e. The molecule has 0 heterocycles. The van der Waals surface area contributed by atoms with Gasteiger partial charge in [0.2, 0.25) is 5.91 Å². The van der Waals surface area contributed by atoms with Crippen molar-refractivity contribution < 1.29 is 4.79 Å². The maximum Gasteiger partial charge on any atom is 0.224 e. The number of benzene rings is 1. The number of hydrogen-bond donors (Lipinski definition) is 2. The summed E-state index contributed by atoms with van der Waals surface area (Å²) in [5, 5.41) is 3.08. The van der Waals surface area contributed by atoms with Gasteiger partial charge in [-0.3, -0.25) is 4.79 Å². The van der Waals surface area contributed by atoms with Gasteiger partial charge in [0.1, 0.15) is 0 Å². The highest BCUT2D eigenvalue weighted by Gasteiger charge is 2.64. The average molecular weight is 274 g/mol. The number of nitrogens with one attached hydrogen (secondary N) is 1. The van der Waals surface area contributed by atoms with Crippen LogP contribution in [0.2, 0.25) is 0 Å². The topological polar surface area (TPSA) is 55.1 Å². The summed E-state index contributed by atoms with van der Waals surface area (Å²) in [4.78, 5) is 12.1. The Morgan fingerprint density at radius 1 is 1.15 bits per heavy atom. The molecule has 0 spiro atoms. The van der Waals surface area contributed by atoms with Crippen molar-refractivity contribution >= 4 is 5.91 Å². The third kappa shape index (κ3) is 2.59. The smallest absolute Gasteiger partial charge is 0.224 e. The van der Waals surface area contributed by atoms with Gasteiger partial charge < -0.3 is 11.1 Å². The number of carbonyl (C=O) groups excluding carboxylic acids is 1. The fraction of sp³-hybridized carbons (Fsp3) is 0.588. The minimum absolute atomic E-state index is 0.0874. The fourth-order valence-corrected chi connectivity index (χ4v) is 3.22. The number of hydrogen-bond acceptors (Lipinski definition) is 2. The molecule has 1 amide bonds. The molecule has 0 bridgehead atoms. The van der Waals surface area contributed by atoms with Crippen molar-refractivity contribution in [3.05, 3.63) is 35.4 Å². The molecule has 1 aliphatic rings. The molecule has 3 N–H and O–H groups in total. The van der Waals surface area contributed by atoms with Crippen molar-refractivity contribution in [3.8, 4) is 0 Å². The average Bonchev–Trinajstić information content (AvgIpc) is 2.78. The maximum absolute atomic E-state index is 12.1. The van der Waals surface area contributed by atoms with Gasteiger partial charge >= 0.3 is 0 Å². The van der Waals surface area contributed by atoms with Crippen molar-refractivity contribution in [1.29, 1.82) is 0 Å². The van der Waals surface area contributed by atoms with Gasteiger partial charge in [-0.05, 0) is 27.9 Å². The van der Waals surface area contributed by atoms with Crippen molar-refractivity contribution in [2.45, 2.75) is 40.7 Å². The van der Waals surface area contributed by atoms with Gasteiger partial charge in [0.05, 0.1) is 6.42 Å². The maximum atomic E-state index is 12.1. The highest BCUT2D eigenvalue weighted by Crippen LogP contribution is 2.67. The Hall–Kier alpha value is -1.35. The highest BCUT2D eigenvalue weighted by molar-refractivity contribution is 5.79. The third-order valence-electron chi connectivity index (χ3n) is 5.51. The van der Waals surface area contributed by atoms with E-state index in [0.29, 0.717) is 29.7 Å². The van der Waals surface area contributed by atoms with Gasteiger partial charge in [0.25, 0.3) is 0 Å². The van der Waals surface area contributed by atoms with E-state index in [1.165, 1.54) is 0 Å². The molecule has 0 saturated heterocycles. The van der Waals surface area contributed by atoms with Gasteiger partial charge in [-0.2, -0.15) is 0 Å². The first-order chi connectivity index (χ1) is 9.30. The molecular formula is C17H26N2O. The number of rotatable bonds is 5. The molecule has 2 rings (SSSR count). The lowest BCUT2D eigenvalue weighted by Crippen LogP contribution is -2.29. The zero-order valence-corrected chi connectivity index (χ0v) is 13.0. The summed E-state index contributed by atoms with van der Waals surface area (Å²) in [6.45, 7) is 10.3. The summed E-state index contributed by atoms with van der Waals surface area (Å²) in [5.41, 5.74) is 8.41. The SMILES string of the molecule is CC1(C)C(CNC(=O)Cc2ccccc2CN)C1(C)C. The molecule has 110 valence electrons. The van der Waals surface area contributed by atoms with Crippen molar-refractivity contribution in [3.63, 3.8) is 0 Å². The Morgan fingerprint density at radius 3 is 2.20 bits per heavy atom. The van der Waals surface area contributed by atoms with Crippen LogP contribution in [0.1, 0.15) is 38.8 Å². The first-order valence-electron chi connectivity index (χ1n) is 7.34. The standard InChI is InChI=1S/C17H26N2O/c1-16(2)14(17(16,3)4)11-19-15(20)9-12-7-5-6-8-13(12)10-18/h5-8,14H,9-11,18H2,1-4H3,(H,19,20). The van der Waals surface area contributed by atoms with E-state index in [9.17, 15) is 4.79 Å². The summed E-state index contributed by atoms with van der Waals surface area (Å²) in [7, 11) is 0. The van der Waals surface area contributed by atoms with Crippen LogP contribution in [0.4, 0.5) is 0 Å². The Morgan fingerprint density at radius 2 is 1.70 bits per heavy atom. The number of nitrogens with two attached hydrogens (primary N) is 1. The molecule has 20 heavy (non-hydrogen) atoms. The molecule has 3 nitrogen and oxygen atoms in total. The second-order valence-electron chi connectivity index (χ2n) is 6.95. The Balaban J connectivity index is 1.88. The van der Waals surface area contributed by atoms with E-state index < -0.39 is 0 Å². The van der Waals surface area contributed by atoms with E-state index in [4.69, 9.17) is 5.73 Å². The molecule has 1 saturated carbocycles. The molecule has 1 aromatic rings. The quantitative estimate of drug-likeness (QED) is 0.866. The molecule has 3 heteroatoms. The van der Waals surface area contributed by atoms with Gasteiger partial charge in [-0.1, -0.05) is 52.0 Å². The summed E-state index contributed by atoms with van der Waals surface area (Å²) in [5.74, 6) is 0.646. The Bertz CT molecular complexity index is 491. The number of amides is 1. The van der Waals surface area contributed by atoms with E-state index in [-0.39, 0.29) is 5.91 Å². The Labute approximate surface area is 121 Å². The third-order valence-corrected chi connectivity index (χ3v) is 5.51. The van der Waals surface area contributed by atoms with Crippen molar-refractivity contribution in [1.82, 2.24) is 5.32 Å². The fourth-order valence-electron chi connectivity index (χ4n) is 3.22. The van der Waals surface area contributed by atoms with E-state index in [2.05, 4.69) is 33.0 Å². The summed E-state index contributed by atoms with van der Waals surface area (Å²) in [6.07, 6.45) is 0.418. The van der Waals surface area contributed by atoms with E-state index in [0.717, 1.165) is 17.7 Å². The minimum atomic E-state index is 0.0874.